The minimum Gasteiger partial charge on any atom is -0.295 e. The lowest BCUT2D eigenvalue weighted by atomic mass is 10.1. The van der Waals surface area contributed by atoms with E-state index in [1.165, 1.54) is 11.1 Å². The van der Waals surface area contributed by atoms with Gasteiger partial charge in [0.15, 0.2) is 0 Å². The van der Waals surface area contributed by atoms with Gasteiger partial charge in [-0.05, 0) is 29.8 Å². The molecular weight excluding hydrogens is 250 g/mol. The van der Waals surface area contributed by atoms with Gasteiger partial charge in [-0.15, -0.1) is 0 Å². The van der Waals surface area contributed by atoms with Gasteiger partial charge in [0, 0.05) is 13.1 Å². The maximum Gasteiger partial charge on any atom is 0.0237 e. The van der Waals surface area contributed by atoms with E-state index in [0.29, 0.717) is 0 Å². The summed E-state index contributed by atoms with van der Waals surface area (Å²) in [6.07, 6.45) is 1.13. The SMILES string of the molecule is SCCCN(Cc1ccccc1)Cc1ccccc1. The molecule has 0 unspecified atom stereocenters. The molecule has 0 bridgehead atoms. The monoisotopic (exact) mass is 271 g/mol. The van der Waals surface area contributed by atoms with Crippen LogP contribution in [-0.4, -0.2) is 17.2 Å². The highest BCUT2D eigenvalue weighted by Crippen LogP contribution is 2.10. The van der Waals surface area contributed by atoms with Gasteiger partial charge in [-0.25, -0.2) is 0 Å². The summed E-state index contributed by atoms with van der Waals surface area (Å²) >= 11 is 4.32. The Morgan fingerprint density at radius 3 is 1.63 bits per heavy atom. The Balaban J connectivity index is 1.99. The average molecular weight is 271 g/mol. The molecule has 19 heavy (non-hydrogen) atoms. The number of nitrogens with zero attached hydrogens (tertiary/aromatic N) is 1. The van der Waals surface area contributed by atoms with Crippen molar-refractivity contribution < 1.29 is 0 Å². The molecule has 0 spiro atoms. The Kier molecular flexibility index (Phi) is 5.99. The van der Waals surface area contributed by atoms with Crippen LogP contribution in [0.3, 0.4) is 0 Å². The summed E-state index contributed by atoms with van der Waals surface area (Å²) in [5.41, 5.74) is 2.75. The van der Waals surface area contributed by atoms with E-state index in [1.807, 2.05) is 0 Å². The van der Waals surface area contributed by atoms with Crippen LogP contribution in [0.25, 0.3) is 0 Å². The smallest absolute Gasteiger partial charge is 0.0237 e. The van der Waals surface area contributed by atoms with Crippen LogP contribution in [-0.2, 0) is 13.1 Å². The zero-order valence-corrected chi connectivity index (χ0v) is 12.1. The van der Waals surface area contributed by atoms with Crippen LogP contribution in [0.2, 0.25) is 0 Å². The number of rotatable bonds is 7. The van der Waals surface area contributed by atoms with Gasteiger partial charge in [-0.3, -0.25) is 4.90 Å². The van der Waals surface area contributed by atoms with E-state index in [4.69, 9.17) is 0 Å². The molecule has 0 aromatic heterocycles. The van der Waals surface area contributed by atoms with Crippen molar-refractivity contribution in [3.8, 4) is 0 Å². The van der Waals surface area contributed by atoms with Crippen molar-refractivity contribution in [2.75, 3.05) is 12.3 Å². The molecule has 0 fully saturated rings. The molecule has 2 rings (SSSR count). The Labute approximate surface area is 121 Å². The third kappa shape index (κ3) is 5.09. The summed E-state index contributed by atoms with van der Waals surface area (Å²) < 4.78 is 0. The van der Waals surface area contributed by atoms with Crippen molar-refractivity contribution in [3.63, 3.8) is 0 Å². The van der Waals surface area contributed by atoms with Gasteiger partial charge in [0.05, 0.1) is 0 Å². The molecule has 0 N–H and O–H groups in total. The van der Waals surface area contributed by atoms with E-state index in [1.54, 1.807) is 0 Å². The van der Waals surface area contributed by atoms with Crippen molar-refractivity contribution in [3.05, 3.63) is 71.8 Å². The lowest BCUT2D eigenvalue weighted by Gasteiger charge is -2.22. The van der Waals surface area contributed by atoms with Crippen molar-refractivity contribution in [2.45, 2.75) is 19.5 Å². The van der Waals surface area contributed by atoms with Crippen LogP contribution in [0.5, 0.6) is 0 Å². The fraction of sp³-hybridized carbons (Fsp3) is 0.294. The van der Waals surface area contributed by atoms with Crippen molar-refractivity contribution in [1.29, 1.82) is 0 Å². The van der Waals surface area contributed by atoms with Gasteiger partial charge < -0.3 is 0 Å². The number of benzene rings is 2. The van der Waals surface area contributed by atoms with Gasteiger partial charge >= 0.3 is 0 Å². The van der Waals surface area contributed by atoms with Crippen molar-refractivity contribution in [1.82, 2.24) is 4.90 Å². The molecule has 2 aromatic rings. The molecule has 0 radical (unpaired) electrons. The molecule has 2 aromatic carbocycles. The van der Waals surface area contributed by atoms with Gasteiger partial charge in [0.25, 0.3) is 0 Å². The summed E-state index contributed by atoms with van der Waals surface area (Å²) in [7, 11) is 0. The third-order valence-electron chi connectivity index (χ3n) is 3.13. The minimum atomic E-state index is 0.945. The Bertz CT molecular complexity index is 414. The molecule has 100 valence electrons. The van der Waals surface area contributed by atoms with Crippen LogP contribution >= 0.6 is 12.6 Å². The Morgan fingerprint density at radius 2 is 1.21 bits per heavy atom. The summed E-state index contributed by atoms with van der Waals surface area (Å²) in [6, 6.07) is 21.3. The maximum atomic E-state index is 4.32. The lowest BCUT2D eigenvalue weighted by Crippen LogP contribution is -2.24. The van der Waals surface area contributed by atoms with E-state index in [9.17, 15) is 0 Å². The van der Waals surface area contributed by atoms with E-state index in [-0.39, 0.29) is 0 Å². The Morgan fingerprint density at radius 1 is 0.737 bits per heavy atom. The van der Waals surface area contributed by atoms with Crippen LogP contribution in [0.15, 0.2) is 60.7 Å². The molecular formula is C17H21NS. The van der Waals surface area contributed by atoms with Crippen LogP contribution < -0.4 is 0 Å². The second kappa shape index (κ2) is 8.03. The highest BCUT2D eigenvalue weighted by molar-refractivity contribution is 7.80. The van der Waals surface area contributed by atoms with Gasteiger partial charge in [0.1, 0.15) is 0 Å². The zero-order valence-electron chi connectivity index (χ0n) is 11.2. The molecule has 0 aliphatic carbocycles. The van der Waals surface area contributed by atoms with Crippen LogP contribution in [0.4, 0.5) is 0 Å². The predicted molar refractivity (Wildman–Crippen MR) is 85.5 cm³/mol. The maximum absolute atomic E-state index is 4.32. The second-order valence-corrected chi connectivity index (χ2v) is 5.21. The topological polar surface area (TPSA) is 3.24 Å². The molecule has 0 aliphatic rings. The summed E-state index contributed by atoms with van der Waals surface area (Å²) in [6.45, 7) is 3.10. The number of hydrogen-bond acceptors (Lipinski definition) is 2. The summed E-state index contributed by atoms with van der Waals surface area (Å²) in [5.74, 6) is 0.945. The van der Waals surface area contributed by atoms with E-state index in [0.717, 1.165) is 31.8 Å². The molecule has 0 amide bonds. The van der Waals surface area contributed by atoms with Crippen LogP contribution in [0.1, 0.15) is 17.5 Å². The number of hydrogen-bond donors (Lipinski definition) is 1. The normalized spacial score (nSPS) is 10.8. The molecule has 0 aliphatic heterocycles. The fourth-order valence-electron chi connectivity index (χ4n) is 2.19. The van der Waals surface area contributed by atoms with Crippen LogP contribution in [0, 0.1) is 0 Å². The minimum absolute atomic E-state index is 0.945. The van der Waals surface area contributed by atoms with E-state index in [2.05, 4.69) is 78.2 Å². The Hall–Kier alpha value is -1.25. The molecule has 1 nitrogen and oxygen atoms in total. The van der Waals surface area contributed by atoms with E-state index >= 15 is 0 Å². The second-order valence-electron chi connectivity index (χ2n) is 4.76. The lowest BCUT2D eigenvalue weighted by molar-refractivity contribution is 0.258. The first-order valence-corrected chi connectivity index (χ1v) is 7.43. The average Bonchev–Trinajstić information content (AvgIpc) is 2.47. The van der Waals surface area contributed by atoms with Crippen molar-refractivity contribution in [2.24, 2.45) is 0 Å². The van der Waals surface area contributed by atoms with Crippen molar-refractivity contribution >= 4 is 12.6 Å². The molecule has 0 saturated carbocycles. The zero-order chi connectivity index (χ0) is 13.3. The first-order valence-electron chi connectivity index (χ1n) is 6.79. The molecule has 0 atom stereocenters. The standard InChI is InChI=1S/C17H21NS/c19-13-7-12-18(14-16-8-3-1-4-9-16)15-17-10-5-2-6-11-17/h1-6,8-11,19H,7,12-15H2. The van der Waals surface area contributed by atoms with Gasteiger partial charge in [-0.2, -0.15) is 12.6 Å². The third-order valence-corrected chi connectivity index (χ3v) is 3.45. The molecule has 0 saturated heterocycles. The number of thiol groups is 1. The highest BCUT2D eigenvalue weighted by atomic mass is 32.1. The largest absolute Gasteiger partial charge is 0.295 e. The fourth-order valence-corrected chi connectivity index (χ4v) is 2.33. The molecule has 0 heterocycles. The first-order chi connectivity index (χ1) is 9.38. The highest BCUT2D eigenvalue weighted by Gasteiger charge is 2.06. The van der Waals surface area contributed by atoms with Gasteiger partial charge in [-0.1, -0.05) is 60.7 Å². The van der Waals surface area contributed by atoms with Gasteiger partial charge in [0.2, 0.25) is 0 Å². The van der Waals surface area contributed by atoms with E-state index < -0.39 is 0 Å². The summed E-state index contributed by atoms with van der Waals surface area (Å²) in [5, 5.41) is 0. The summed E-state index contributed by atoms with van der Waals surface area (Å²) in [4.78, 5) is 2.49. The quantitative estimate of drug-likeness (QED) is 0.745. The predicted octanol–water partition coefficient (Wildman–Crippen LogP) is 4.01. The molecule has 2 heteroatoms. The first kappa shape index (κ1) is 14.2.